The van der Waals surface area contributed by atoms with Crippen molar-refractivity contribution < 1.29 is 9.59 Å². The second-order valence-corrected chi connectivity index (χ2v) is 6.06. The van der Waals surface area contributed by atoms with Crippen molar-refractivity contribution in [1.82, 2.24) is 9.47 Å². The molecule has 2 aromatic carbocycles. The molecule has 0 saturated carbocycles. The fourth-order valence-electron chi connectivity index (χ4n) is 3.25. The first-order chi connectivity index (χ1) is 12.2. The number of aryl methyl sites for hydroxylation is 1. The number of hydrogen-bond donors (Lipinski definition) is 0. The molecular weight excluding hydrogens is 316 g/mol. The van der Waals surface area contributed by atoms with E-state index in [0.717, 1.165) is 5.39 Å². The standard InChI is InChI=1S/C20H16N2O3/c23-18-15-7-2-1-6-14(15)10-13-21(18)11-5-12-22-19(24)16-8-3-4-9-17(16)20(22)25/h1-4,6-10,13H,5,11-12H2. The number of fused-ring (bicyclic) bond motifs is 2. The highest BCUT2D eigenvalue weighted by Crippen LogP contribution is 2.22. The van der Waals surface area contributed by atoms with Crippen LogP contribution >= 0.6 is 0 Å². The van der Waals surface area contributed by atoms with Crippen molar-refractivity contribution in [2.24, 2.45) is 0 Å². The van der Waals surface area contributed by atoms with Crippen molar-refractivity contribution in [2.45, 2.75) is 13.0 Å². The largest absolute Gasteiger partial charge is 0.315 e. The maximum absolute atomic E-state index is 12.5. The normalized spacial score (nSPS) is 13.5. The molecule has 25 heavy (non-hydrogen) atoms. The van der Waals surface area contributed by atoms with Gasteiger partial charge in [-0.25, -0.2) is 0 Å². The van der Waals surface area contributed by atoms with Gasteiger partial charge >= 0.3 is 0 Å². The number of hydrogen-bond acceptors (Lipinski definition) is 3. The van der Waals surface area contributed by atoms with Gasteiger partial charge in [-0.1, -0.05) is 30.3 Å². The summed E-state index contributed by atoms with van der Waals surface area (Å²) in [6, 6.07) is 16.2. The molecule has 0 atom stereocenters. The van der Waals surface area contributed by atoms with Crippen LogP contribution in [-0.2, 0) is 6.54 Å². The Morgan fingerprint density at radius 3 is 2.08 bits per heavy atom. The number of imide groups is 1. The average Bonchev–Trinajstić information content (AvgIpc) is 2.89. The van der Waals surface area contributed by atoms with Gasteiger partial charge in [-0.15, -0.1) is 0 Å². The number of carbonyl (C=O) groups is 2. The van der Waals surface area contributed by atoms with Crippen LogP contribution in [0.15, 0.2) is 65.6 Å². The number of rotatable bonds is 4. The molecule has 0 saturated heterocycles. The molecule has 1 aliphatic heterocycles. The number of nitrogens with zero attached hydrogens (tertiary/aromatic N) is 2. The van der Waals surface area contributed by atoms with Gasteiger partial charge in [0.2, 0.25) is 0 Å². The summed E-state index contributed by atoms with van der Waals surface area (Å²) in [4.78, 5) is 38.4. The molecule has 2 amide bonds. The first-order valence-corrected chi connectivity index (χ1v) is 8.20. The lowest BCUT2D eigenvalue weighted by molar-refractivity contribution is 0.0650. The van der Waals surface area contributed by atoms with Crippen molar-refractivity contribution in [3.63, 3.8) is 0 Å². The zero-order valence-electron chi connectivity index (χ0n) is 13.5. The van der Waals surface area contributed by atoms with Crippen LogP contribution in [0.2, 0.25) is 0 Å². The predicted octanol–water partition coefficient (Wildman–Crippen LogP) is 2.69. The van der Waals surface area contributed by atoms with E-state index in [1.165, 1.54) is 4.90 Å². The highest BCUT2D eigenvalue weighted by Gasteiger charge is 2.34. The molecule has 0 fully saturated rings. The van der Waals surface area contributed by atoms with E-state index in [1.807, 2.05) is 24.3 Å². The quantitative estimate of drug-likeness (QED) is 0.690. The molecule has 3 aromatic rings. The van der Waals surface area contributed by atoms with Crippen LogP contribution in [0.4, 0.5) is 0 Å². The minimum atomic E-state index is -0.258. The predicted molar refractivity (Wildman–Crippen MR) is 94.6 cm³/mol. The van der Waals surface area contributed by atoms with E-state index in [1.54, 1.807) is 41.1 Å². The van der Waals surface area contributed by atoms with Crippen LogP contribution in [0.1, 0.15) is 27.1 Å². The maximum Gasteiger partial charge on any atom is 0.261 e. The van der Waals surface area contributed by atoms with Gasteiger partial charge in [-0.2, -0.15) is 0 Å². The van der Waals surface area contributed by atoms with E-state index >= 15 is 0 Å². The van der Waals surface area contributed by atoms with Crippen LogP contribution in [-0.4, -0.2) is 27.8 Å². The number of benzene rings is 2. The Labute approximate surface area is 144 Å². The van der Waals surface area contributed by atoms with E-state index < -0.39 is 0 Å². The zero-order chi connectivity index (χ0) is 17.4. The minimum absolute atomic E-state index is 0.0551. The fraction of sp³-hybridized carbons (Fsp3) is 0.150. The Hall–Kier alpha value is -3.21. The van der Waals surface area contributed by atoms with Gasteiger partial charge in [0.15, 0.2) is 0 Å². The topological polar surface area (TPSA) is 59.4 Å². The first kappa shape index (κ1) is 15.3. The molecule has 0 aliphatic carbocycles. The number of amides is 2. The Morgan fingerprint density at radius 2 is 1.36 bits per heavy atom. The van der Waals surface area contributed by atoms with Crippen molar-refractivity contribution in [1.29, 1.82) is 0 Å². The SMILES string of the molecule is O=C1c2ccccc2C(=O)N1CCCn1ccc2ccccc2c1=O. The zero-order valence-corrected chi connectivity index (χ0v) is 13.5. The molecule has 1 aromatic heterocycles. The lowest BCUT2D eigenvalue weighted by Crippen LogP contribution is -2.32. The van der Waals surface area contributed by atoms with Crippen LogP contribution in [0.5, 0.6) is 0 Å². The molecule has 2 heterocycles. The third kappa shape index (κ3) is 2.54. The molecule has 4 rings (SSSR count). The van der Waals surface area contributed by atoms with Crippen molar-refractivity contribution >= 4 is 22.6 Å². The summed E-state index contributed by atoms with van der Waals surface area (Å²) in [5.41, 5.74) is 0.853. The van der Waals surface area contributed by atoms with Crippen LogP contribution < -0.4 is 5.56 Å². The lowest BCUT2D eigenvalue weighted by atomic mass is 10.1. The summed E-state index contributed by atoms with van der Waals surface area (Å²) < 4.78 is 1.63. The number of aromatic nitrogens is 1. The second kappa shape index (κ2) is 6.02. The third-order valence-electron chi connectivity index (χ3n) is 4.55. The third-order valence-corrected chi connectivity index (χ3v) is 4.55. The lowest BCUT2D eigenvalue weighted by Gasteiger charge is -2.14. The van der Waals surface area contributed by atoms with E-state index in [4.69, 9.17) is 0 Å². The molecule has 0 radical (unpaired) electrons. The molecule has 5 nitrogen and oxygen atoms in total. The van der Waals surface area contributed by atoms with E-state index in [9.17, 15) is 14.4 Å². The average molecular weight is 332 g/mol. The summed E-state index contributed by atoms with van der Waals surface area (Å²) in [7, 11) is 0. The highest BCUT2D eigenvalue weighted by molar-refractivity contribution is 6.21. The fourth-order valence-corrected chi connectivity index (χ4v) is 3.25. The van der Waals surface area contributed by atoms with Gasteiger partial charge in [0.05, 0.1) is 11.1 Å². The Balaban J connectivity index is 1.49. The molecule has 0 bridgehead atoms. The van der Waals surface area contributed by atoms with Crippen molar-refractivity contribution in [3.05, 3.63) is 82.3 Å². The molecule has 1 aliphatic rings. The Bertz CT molecular complexity index is 1020. The molecule has 0 N–H and O–H groups in total. The molecule has 0 unspecified atom stereocenters. The number of carbonyl (C=O) groups excluding carboxylic acids is 2. The summed E-state index contributed by atoms with van der Waals surface area (Å²) in [5.74, 6) is -0.516. The van der Waals surface area contributed by atoms with E-state index in [0.29, 0.717) is 36.0 Å². The number of pyridine rings is 1. The van der Waals surface area contributed by atoms with E-state index in [2.05, 4.69) is 0 Å². The van der Waals surface area contributed by atoms with Crippen molar-refractivity contribution in [2.75, 3.05) is 6.54 Å². The Kier molecular flexibility index (Phi) is 3.69. The summed E-state index contributed by atoms with van der Waals surface area (Å²) in [5, 5.41) is 1.58. The first-order valence-electron chi connectivity index (χ1n) is 8.20. The van der Waals surface area contributed by atoms with Crippen molar-refractivity contribution in [3.8, 4) is 0 Å². The van der Waals surface area contributed by atoms with Crippen LogP contribution in [0.3, 0.4) is 0 Å². The van der Waals surface area contributed by atoms with Gasteiger partial charge in [0.1, 0.15) is 0 Å². The molecule has 124 valence electrons. The summed E-state index contributed by atoms with van der Waals surface area (Å²) in [6.45, 7) is 0.753. The van der Waals surface area contributed by atoms with Crippen LogP contribution in [0, 0.1) is 0 Å². The smallest absolute Gasteiger partial charge is 0.261 e. The maximum atomic E-state index is 12.5. The van der Waals surface area contributed by atoms with Gasteiger partial charge in [-0.3, -0.25) is 19.3 Å². The van der Waals surface area contributed by atoms with Gasteiger partial charge in [0.25, 0.3) is 17.4 Å². The summed E-state index contributed by atoms with van der Waals surface area (Å²) in [6.07, 6.45) is 2.29. The highest BCUT2D eigenvalue weighted by atomic mass is 16.2. The van der Waals surface area contributed by atoms with Gasteiger partial charge < -0.3 is 4.57 Å². The van der Waals surface area contributed by atoms with E-state index in [-0.39, 0.29) is 17.4 Å². The van der Waals surface area contributed by atoms with Crippen LogP contribution in [0.25, 0.3) is 10.8 Å². The molecular formula is C20H16N2O3. The Morgan fingerprint density at radius 1 is 0.720 bits per heavy atom. The van der Waals surface area contributed by atoms with Gasteiger partial charge in [-0.05, 0) is 36.1 Å². The minimum Gasteiger partial charge on any atom is -0.315 e. The molecule has 5 heteroatoms. The second-order valence-electron chi connectivity index (χ2n) is 6.06. The molecule has 0 spiro atoms. The monoisotopic (exact) mass is 332 g/mol. The summed E-state index contributed by atoms with van der Waals surface area (Å²) >= 11 is 0. The van der Waals surface area contributed by atoms with Gasteiger partial charge in [0, 0.05) is 24.7 Å².